The summed E-state index contributed by atoms with van der Waals surface area (Å²) in [5.74, 6) is 3.27. The van der Waals surface area contributed by atoms with Gasteiger partial charge in [0, 0.05) is 44.5 Å². The van der Waals surface area contributed by atoms with E-state index in [1.165, 1.54) is 25.7 Å². The summed E-state index contributed by atoms with van der Waals surface area (Å²) in [5.41, 5.74) is 1.11. The Bertz CT molecular complexity index is 763. The lowest BCUT2D eigenvalue weighted by Gasteiger charge is -2.22. The maximum absolute atomic E-state index is 5.53. The van der Waals surface area contributed by atoms with Crippen LogP contribution in [0.4, 0.5) is 11.8 Å². The third-order valence-corrected chi connectivity index (χ3v) is 5.27. The molecule has 0 spiro atoms. The summed E-state index contributed by atoms with van der Waals surface area (Å²) in [7, 11) is 5.43. The molecule has 1 saturated heterocycles. The standard InChI is InChI=1S/C22H33N5O2/c1-26(17-18-9-8-10-19(28-2)21(18)29-3)16-13-24-22-23-12-11-20(25-22)27-14-6-4-5-7-15-27/h8-12H,4-7,13-17H2,1-3H3,(H,23,24,25). The van der Waals surface area contributed by atoms with Crippen LogP contribution >= 0.6 is 0 Å². The van der Waals surface area contributed by atoms with Crippen molar-refractivity contribution in [1.29, 1.82) is 0 Å². The molecule has 1 fully saturated rings. The van der Waals surface area contributed by atoms with Crippen LogP contribution in [0.3, 0.4) is 0 Å². The van der Waals surface area contributed by atoms with Crippen molar-refractivity contribution in [2.45, 2.75) is 32.2 Å². The second-order valence-electron chi connectivity index (χ2n) is 7.46. The van der Waals surface area contributed by atoms with Crippen LogP contribution in [-0.2, 0) is 6.54 Å². The van der Waals surface area contributed by atoms with Crippen LogP contribution in [0.1, 0.15) is 31.2 Å². The van der Waals surface area contributed by atoms with Crippen LogP contribution in [-0.4, -0.2) is 62.3 Å². The van der Waals surface area contributed by atoms with Crippen molar-refractivity contribution in [2.75, 3.05) is 57.7 Å². The number of nitrogens with one attached hydrogen (secondary N) is 1. The highest BCUT2D eigenvalue weighted by Crippen LogP contribution is 2.31. The fraction of sp³-hybridized carbons (Fsp3) is 0.545. The number of benzene rings is 1. The molecule has 0 radical (unpaired) electrons. The topological polar surface area (TPSA) is 62.8 Å². The Balaban J connectivity index is 1.52. The van der Waals surface area contributed by atoms with Crippen molar-refractivity contribution in [1.82, 2.24) is 14.9 Å². The summed E-state index contributed by atoms with van der Waals surface area (Å²) in [6.07, 6.45) is 6.96. The molecule has 1 aromatic carbocycles. The van der Waals surface area contributed by atoms with Gasteiger partial charge in [-0.05, 0) is 32.0 Å². The zero-order valence-corrected chi connectivity index (χ0v) is 17.9. The highest BCUT2D eigenvalue weighted by atomic mass is 16.5. The SMILES string of the molecule is COc1cccc(CN(C)CCNc2nccc(N3CCCCCC3)n2)c1OC. The Labute approximate surface area is 174 Å². The van der Waals surface area contributed by atoms with Crippen LogP contribution in [0.5, 0.6) is 11.5 Å². The number of aromatic nitrogens is 2. The molecule has 7 heteroatoms. The van der Waals surface area contributed by atoms with E-state index >= 15 is 0 Å². The number of anilines is 2. The Morgan fingerprint density at radius 1 is 1.07 bits per heavy atom. The van der Waals surface area contributed by atoms with E-state index in [2.05, 4.69) is 33.2 Å². The van der Waals surface area contributed by atoms with Crippen LogP contribution in [0.2, 0.25) is 0 Å². The maximum Gasteiger partial charge on any atom is 0.224 e. The minimum atomic E-state index is 0.694. The number of rotatable bonds is 9. The van der Waals surface area contributed by atoms with Crippen molar-refractivity contribution in [2.24, 2.45) is 0 Å². The first-order valence-electron chi connectivity index (χ1n) is 10.4. The molecule has 3 rings (SSSR count). The Morgan fingerprint density at radius 2 is 1.86 bits per heavy atom. The average Bonchev–Trinajstić information content (AvgIpc) is 3.03. The lowest BCUT2D eigenvalue weighted by molar-refractivity contribution is 0.317. The molecule has 1 aliphatic rings. The van der Waals surface area contributed by atoms with Crippen molar-refractivity contribution >= 4 is 11.8 Å². The number of hydrogen-bond donors (Lipinski definition) is 1. The quantitative estimate of drug-likeness (QED) is 0.693. The molecule has 0 saturated carbocycles. The zero-order chi connectivity index (χ0) is 20.5. The smallest absolute Gasteiger partial charge is 0.224 e. The summed E-state index contributed by atoms with van der Waals surface area (Å²) in [6, 6.07) is 7.99. The molecule has 7 nitrogen and oxygen atoms in total. The Morgan fingerprint density at radius 3 is 2.59 bits per heavy atom. The lowest BCUT2D eigenvalue weighted by atomic mass is 10.1. The molecule has 2 heterocycles. The van der Waals surface area contributed by atoms with Gasteiger partial charge in [0.05, 0.1) is 14.2 Å². The third kappa shape index (κ3) is 5.97. The molecule has 0 aliphatic carbocycles. The average molecular weight is 400 g/mol. The molecule has 0 unspecified atom stereocenters. The van der Waals surface area contributed by atoms with Gasteiger partial charge in [0.15, 0.2) is 11.5 Å². The lowest BCUT2D eigenvalue weighted by Crippen LogP contribution is -2.27. The van der Waals surface area contributed by atoms with Gasteiger partial charge < -0.3 is 24.6 Å². The molecular formula is C22H33N5O2. The predicted molar refractivity (Wildman–Crippen MR) is 117 cm³/mol. The van der Waals surface area contributed by atoms with E-state index in [4.69, 9.17) is 14.5 Å². The number of methoxy groups -OCH3 is 2. The zero-order valence-electron chi connectivity index (χ0n) is 17.9. The molecule has 29 heavy (non-hydrogen) atoms. The Kier molecular flexibility index (Phi) is 7.93. The normalized spacial score (nSPS) is 14.6. The van der Waals surface area contributed by atoms with Gasteiger partial charge in [-0.1, -0.05) is 25.0 Å². The van der Waals surface area contributed by atoms with Gasteiger partial charge in [0.25, 0.3) is 0 Å². The fourth-order valence-corrected chi connectivity index (χ4v) is 3.72. The maximum atomic E-state index is 5.53. The number of para-hydroxylation sites is 1. The summed E-state index contributed by atoms with van der Waals surface area (Å²) < 4.78 is 10.9. The molecule has 158 valence electrons. The molecule has 0 bridgehead atoms. The van der Waals surface area contributed by atoms with E-state index in [1.807, 2.05) is 24.4 Å². The minimum absolute atomic E-state index is 0.694. The number of nitrogens with zero attached hydrogens (tertiary/aromatic N) is 4. The monoisotopic (exact) mass is 399 g/mol. The number of likely N-dealkylation sites (N-methyl/N-ethyl adjacent to an activating group) is 1. The van der Waals surface area contributed by atoms with Crippen LogP contribution in [0, 0.1) is 0 Å². The first-order chi connectivity index (χ1) is 14.2. The predicted octanol–water partition coefficient (Wildman–Crippen LogP) is 3.42. The van der Waals surface area contributed by atoms with E-state index in [0.29, 0.717) is 5.95 Å². The summed E-state index contributed by atoms with van der Waals surface area (Å²) in [5, 5.41) is 3.36. The van der Waals surface area contributed by atoms with Crippen LogP contribution in [0.25, 0.3) is 0 Å². The van der Waals surface area contributed by atoms with Crippen molar-refractivity contribution in [3.05, 3.63) is 36.0 Å². The van der Waals surface area contributed by atoms with E-state index in [-0.39, 0.29) is 0 Å². The molecule has 0 atom stereocenters. The van der Waals surface area contributed by atoms with Crippen molar-refractivity contribution in [3.8, 4) is 11.5 Å². The molecule has 1 aliphatic heterocycles. The van der Waals surface area contributed by atoms with E-state index in [0.717, 1.165) is 55.6 Å². The van der Waals surface area contributed by atoms with Gasteiger partial charge in [0.2, 0.25) is 5.95 Å². The highest BCUT2D eigenvalue weighted by molar-refractivity contribution is 5.46. The van der Waals surface area contributed by atoms with Gasteiger partial charge in [-0.3, -0.25) is 0 Å². The Hall–Kier alpha value is -2.54. The fourth-order valence-electron chi connectivity index (χ4n) is 3.72. The molecule has 2 aromatic rings. The number of hydrogen-bond acceptors (Lipinski definition) is 7. The van der Waals surface area contributed by atoms with Crippen LogP contribution in [0.15, 0.2) is 30.5 Å². The van der Waals surface area contributed by atoms with Gasteiger partial charge in [-0.15, -0.1) is 0 Å². The molecular weight excluding hydrogens is 366 g/mol. The van der Waals surface area contributed by atoms with Gasteiger partial charge in [-0.2, -0.15) is 4.98 Å². The summed E-state index contributed by atoms with van der Waals surface area (Å²) in [4.78, 5) is 13.7. The third-order valence-electron chi connectivity index (χ3n) is 5.27. The summed E-state index contributed by atoms with van der Waals surface area (Å²) in [6.45, 7) is 4.57. The van der Waals surface area contributed by atoms with Crippen molar-refractivity contribution < 1.29 is 9.47 Å². The van der Waals surface area contributed by atoms with Gasteiger partial charge in [-0.25, -0.2) is 4.98 Å². The van der Waals surface area contributed by atoms with E-state index in [9.17, 15) is 0 Å². The highest BCUT2D eigenvalue weighted by Gasteiger charge is 2.13. The van der Waals surface area contributed by atoms with Crippen molar-refractivity contribution in [3.63, 3.8) is 0 Å². The van der Waals surface area contributed by atoms with Gasteiger partial charge >= 0.3 is 0 Å². The first kappa shape index (κ1) is 21.2. The van der Waals surface area contributed by atoms with E-state index < -0.39 is 0 Å². The first-order valence-corrected chi connectivity index (χ1v) is 10.4. The second kappa shape index (κ2) is 10.9. The molecule has 1 N–H and O–H groups in total. The second-order valence-corrected chi connectivity index (χ2v) is 7.46. The largest absolute Gasteiger partial charge is 0.493 e. The van der Waals surface area contributed by atoms with Crippen LogP contribution < -0.4 is 19.7 Å². The molecule has 0 amide bonds. The minimum Gasteiger partial charge on any atom is -0.493 e. The summed E-state index contributed by atoms with van der Waals surface area (Å²) >= 11 is 0. The van der Waals surface area contributed by atoms with E-state index in [1.54, 1.807) is 14.2 Å². The number of ether oxygens (including phenoxy) is 2. The van der Waals surface area contributed by atoms with Gasteiger partial charge in [0.1, 0.15) is 5.82 Å². The molecule has 1 aromatic heterocycles.